The quantitative estimate of drug-likeness (QED) is 0.798. The Kier molecular flexibility index (Phi) is 6.24. The van der Waals surface area contributed by atoms with E-state index in [9.17, 15) is 9.59 Å². The first kappa shape index (κ1) is 19.1. The van der Waals surface area contributed by atoms with Crippen LogP contribution in [0, 0.1) is 6.92 Å². The van der Waals surface area contributed by atoms with Crippen LogP contribution >= 0.6 is 0 Å². The number of carbonyl (C=O) groups excluding carboxylic acids is 2. The summed E-state index contributed by atoms with van der Waals surface area (Å²) in [5, 5.41) is 2.88. The van der Waals surface area contributed by atoms with E-state index >= 15 is 0 Å². The lowest BCUT2D eigenvalue weighted by Gasteiger charge is -2.34. The molecule has 1 aliphatic heterocycles. The minimum absolute atomic E-state index is 0.00802. The summed E-state index contributed by atoms with van der Waals surface area (Å²) in [7, 11) is 2.14. The van der Waals surface area contributed by atoms with E-state index in [2.05, 4.69) is 22.2 Å². The zero-order chi connectivity index (χ0) is 19.2. The van der Waals surface area contributed by atoms with Crippen LogP contribution in [-0.4, -0.2) is 49.8 Å². The number of aryl methyl sites for hydroxylation is 1. The monoisotopic (exact) mass is 365 g/mol. The molecule has 142 valence electrons. The van der Waals surface area contributed by atoms with Gasteiger partial charge in [-0.1, -0.05) is 24.3 Å². The maximum Gasteiger partial charge on any atom is 0.224 e. The van der Waals surface area contributed by atoms with E-state index in [4.69, 9.17) is 0 Å². The number of hydrogen-bond donors (Lipinski definition) is 1. The first-order chi connectivity index (χ1) is 13.0. The highest BCUT2D eigenvalue weighted by molar-refractivity contribution is 6.00. The summed E-state index contributed by atoms with van der Waals surface area (Å²) in [6, 6.07) is 15.4. The number of nitrogens with one attached hydrogen (secondary N) is 1. The number of carbonyl (C=O) groups is 2. The Bertz CT molecular complexity index is 793. The fraction of sp³-hybridized carbons (Fsp3) is 0.364. The van der Waals surface area contributed by atoms with Crippen LogP contribution in [0.4, 0.5) is 11.4 Å². The molecule has 0 atom stereocenters. The lowest BCUT2D eigenvalue weighted by Crippen LogP contribution is -2.44. The van der Waals surface area contributed by atoms with Gasteiger partial charge < -0.3 is 15.1 Å². The van der Waals surface area contributed by atoms with Crippen molar-refractivity contribution in [2.75, 3.05) is 43.4 Å². The first-order valence-electron chi connectivity index (χ1n) is 9.45. The van der Waals surface area contributed by atoms with E-state index in [0.29, 0.717) is 5.56 Å². The molecule has 2 aromatic rings. The number of likely N-dealkylation sites (N-methyl/N-ethyl adjacent to an activating group) is 1. The SMILES string of the molecule is Cc1ccccc1C(=O)CCC(=O)Nc1ccc(N2CCN(C)CC2)cc1. The molecule has 27 heavy (non-hydrogen) atoms. The number of ketones is 1. The molecule has 0 unspecified atom stereocenters. The maximum atomic E-state index is 12.3. The third-order valence-electron chi connectivity index (χ3n) is 5.04. The van der Waals surface area contributed by atoms with Crippen molar-refractivity contribution in [3.05, 3.63) is 59.7 Å². The largest absolute Gasteiger partial charge is 0.369 e. The van der Waals surface area contributed by atoms with Crippen LogP contribution in [0.5, 0.6) is 0 Å². The number of nitrogens with zero attached hydrogens (tertiary/aromatic N) is 2. The number of piperazine rings is 1. The van der Waals surface area contributed by atoms with Gasteiger partial charge in [0.2, 0.25) is 5.91 Å². The van der Waals surface area contributed by atoms with Crippen molar-refractivity contribution in [3.63, 3.8) is 0 Å². The van der Waals surface area contributed by atoms with Crippen LogP contribution in [0.1, 0.15) is 28.8 Å². The zero-order valence-electron chi connectivity index (χ0n) is 16.1. The van der Waals surface area contributed by atoms with Crippen molar-refractivity contribution >= 4 is 23.1 Å². The molecule has 1 heterocycles. The number of benzene rings is 2. The van der Waals surface area contributed by atoms with Crippen molar-refractivity contribution in [2.45, 2.75) is 19.8 Å². The highest BCUT2D eigenvalue weighted by atomic mass is 16.2. The summed E-state index contributed by atoms with van der Waals surface area (Å²) >= 11 is 0. The Balaban J connectivity index is 1.49. The summed E-state index contributed by atoms with van der Waals surface area (Å²) in [5.41, 5.74) is 3.58. The van der Waals surface area contributed by atoms with Crippen LogP contribution in [0.3, 0.4) is 0 Å². The Morgan fingerprint density at radius 2 is 1.59 bits per heavy atom. The molecule has 1 amide bonds. The summed E-state index contributed by atoms with van der Waals surface area (Å²) in [5.74, 6) is -0.127. The smallest absolute Gasteiger partial charge is 0.224 e. The predicted octanol–water partition coefficient (Wildman–Crippen LogP) is 3.35. The van der Waals surface area contributed by atoms with Gasteiger partial charge in [-0.2, -0.15) is 0 Å². The van der Waals surface area contributed by atoms with Gasteiger partial charge in [-0.15, -0.1) is 0 Å². The van der Waals surface area contributed by atoms with Crippen LogP contribution in [-0.2, 0) is 4.79 Å². The van der Waals surface area contributed by atoms with E-state index in [1.165, 1.54) is 5.69 Å². The molecule has 1 aliphatic rings. The molecule has 0 radical (unpaired) electrons. The standard InChI is InChI=1S/C22H27N3O2/c1-17-5-3-4-6-20(17)21(26)11-12-22(27)23-18-7-9-19(10-8-18)25-15-13-24(2)14-16-25/h3-10H,11-16H2,1-2H3,(H,23,27). The van der Waals surface area contributed by atoms with E-state index in [1.54, 1.807) is 0 Å². The Labute approximate surface area is 161 Å². The van der Waals surface area contributed by atoms with Gasteiger partial charge >= 0.3 is 0 Å². The highest BCUT2D eigenvalue weighted by Gasteiger charge is 2.14. The molecule has 0 aromatic heterocycles. The maximum absolute atomic E-state index is 12.3. The predicted molar refractivity (Wildman–Crippen MR) is 110 cm³/mol. The van der Waals surface area contributed by atoms with E-state index in [-0.39, 0.29) is 24.5 Å². The van der Waals surface area contributed by atoms with Crippen molar-refractivity contribution in [3.8, 4) is 0 Å². The van der Waals surface area contributed by atoms with Gasteiger partial charge in [0.15, 0.2) is 5.78 Å². The van der Waals surface area contributed by atoms with E-state index in [0.717, 1.165) is 37.4 Å². The van der Waals surface area contributed by atoms with E-state index in [1.807, 2.05) is 55.5 Å². The number of amides is 1. The van der Waals surface area contributed by atoms with Crippen LogP contribution in [0.2, 0.25) is 0 Å². The number of rotatable bonds is 6. The lowest BCUT2D eigenvalue weighted by atomic mass is 10.0. The Morgan fingerprint density at radius 3 is 2.26 bits per heavy atom. The number of hydrogen-bond acceptors (Lipinski definition) is 4. The minimum Gasteiger partial charge on any atom is -0.369 e. The van der Waals surface area contributed by atoms with Crippen LogP contribution in [0.15, 0.2) is 48.5 Å². The fourth-order valence-electron chi connectivity index (χ4n) is 3.29. The molecule has 1 N–H and O–H groups in total. The van der Waals surface area contributed by atoms with Crippen LogP contribution < -0.4 is 10.2 Å². The van der Waals surface area contributed by atoms with Gasteiger partial charge in [-0.3, -0.25) is 9.59 Å². The molecular weight excluding hydrogens is 338 g/mol. The first-order valence-corrected chi connectivity index (χ1v) is 9.45. The molecular formula is C22H27N3O2. The molecule has 0 saturated carbocycles. The molecule has 0 spiro atoms. The highest BCUT2D eigenvalue weighted by Crippen LogP contribution is 2.19. The topological polar surface area (TPSA) is 52.7 Å². The second-order valence-electron chi connectivity index (χ2n) is 7.12. The molecule has 2 aromatic carbocycles. The van der Waals surface area contributed by atoms with Crippen molar-refractivity contribution in [1.29, 1.82) is 0 Å². The second-order valence-corrected chi connectivity index (χ2v) is 7.12. The third-order valence-corrected chi connectivity index (χ3v) is 5.04. The number of Topliss-reactive ketones (excluding diaryl/α,β-unsaturated/α-hetero) is 1. The molecule has 5 nitrogen and oxygen atoms in total. The minimum atomic E-state index is -0.135. The van der Waals surface area contributed by atoms with Gasteiger partial charge in [-0.05, 0) is 43.8 Å². The van der Waals surface area contributed by atoms with Gasteiger partial charge in [0, 0.05) is 56.0 Å². The third kappa shape index (κ3) is 5.17. The molecule has 1 fully saturated rings. The van der Waals surface area contributed by atoms with E-state index < -0.39 is 0 Å². The van der Waals surface area contributed by atoms with Gasteiger partial charge in [-0.25, -0.2) is 0 Å². The van der Waals surface area contributed by atoms with Gasteiger partial charge in [0.1, 0.15) is 0 Å². The molecule has 0 aliphatic carbocycles. The molecule has 3 rings (SSSR count). The fourth-order valence-corrected chi connectivity index (χ4v) is 3.29. The van der Waals surface area contributed by atoms with Crippen molar-refractivity contribution < 1.29 is 9.59 Å². The summed E-state index contributed by atoms with van der Waals surface area (Å²) in [6.45, 7) is 6.07. The zero-order valence-corrected chi connectivity index (χ0v) is 16.1. The van der Waals surface area contributed by atoms with Crippen molar-refractivity contribution in [1.82, 2.24) is 4.90 Å². The molecule has 1 saturated heterocycles. The molecule has 0 bridgehead atoms. The van der Waals surface area contributed by atoms with Gasteiger partial charge in [0.05, 0.1) is 0 Å². The Morgan fingerprint density at radius 1 is 0.926 bits per heavy atom. The lowest BCUT2D eigenvalue weighted by molar-refractivity contribution is -0.116. The van der Waals surface area contributed by atoms with Gasteiger partial charge in [0.25, 0.3) is 0 Å². The van der Waals surface area contributed by atoms with Crippen molar-refractivity contribution in [2.24, 2.45) is 0 Å². The summed E-state index contributed by atoms with van der Waals surface area (Å²) in [4.78, 5) is 29.1. The second kappa shape index (κ2) is 8.82. The summed E-state index contributed by atoms with van der Waals surface area (Å²) < 4.78 is 0. The van der Waals surface area contributed by atoms with Crippen LogP contribution in [0.25, 0.3) is 0 Å². The molecule has 5 heteroatoms. The Hall–Kier alpha value is -2.66. The summed E-state index contributed by atoms with van der Waals surface area (Å²) in [6.07, 6.45) is 0.406. The normalized spacial score (nSPS) is 14.8. The average Bonchev–Trinajstić information content (AvgIpc) is 2.68. The number of anilines is 2. The average molecular weight is 365 g/mol.